The van der Waals surface area contributed by atoms with Crippen molar-refractivity contribution in [3.63, 3.8) is 0 Å². The molecule has 3 rings (SSSR count). The number of hydrogen-bond donors (Lipinski definition) is 0. The molecule has 4 nitrogen and oxygen atoms in total. The minimum Gasteiger partial charge on any atom is -0.450 e. The van der Waals surface area contributed by atoms with Crippen LogP contribution in [0.4, 0.5) is 4.79 Å². The van der Waals surface area contributed by atoms with Gasteiger partial charge in [0.25, 0.3) is 0 Å². The number of amides is 1. The molecule has 1 aromatic heterocycles. The predicted octanol–water partition coefficient (Wildman–Crippen LogP) is 4.89. The van der Waals surface area contributed by atoms with Crippen LogP contribution in [0, 0.1) is 5.92 Å². The van der Waals surface area contributed by atoms with Gasteiger partial charge in [-0.1, -0.05) is 18.9 Å². The summed E-state index contributed by atoms with van der Waals surface area (Å²) in [6.45, 7) is 2.32. The van der Waals surface area contributed by atoms with Crippen LogP contribution >= 0.6 is 11.3 Å². The van der Waals surface area contributed by atoms with Crippen molar-refractivity contribution in [2.45, 2.75) is 70.4 Å². The zero-order valence-electron chi connectivity index (χ0n) is 14.4. The highest BCUT2D eigenvalue weighted by molar-refractivity contribution is 7.12. The molecule has 24 heavy (non-hydrogen) atoms. The van der Waals surface area contributed by atoms with Crippen LogP contribution < -0.4 is 0 Å². The van der Waals surface area contributed by atoms with Crippen molar-refractivity contribution in [2.75, 3.05) is 6.61 Å². The number of piperidine rings is 1. The van der Waals surface area contributed by atoms with Gasteiger partial charge in [-0.3, -0.25) is 4.79 Å². The molecule has 2 unspecified atom stereocenters. The van der Waals surface area contributed by atoms with Crippen molar-refractivity contribution >= 4 is 23.2 Å². The molecule has 2 aliphatic rings. The van der Waals surface area contributed by atoms with E-state index >= 15 is 0 Å². The molecule has 3 heterocycles. The first-order chi connectivity index (χ1) is 11.7. The van der Waals surface area contributed by atoms with E-state index in [0.29, 0.717) is 31.0 Å². The van der Waals surface area contributed by atoms with E-state index in [2.05, 4.69) is 0 Å². The first-order valence-corrected chi connectivity index (χ1v) is 10.1. The highest BCUT2D eigenvalue weighted by Gasteiger charge is 2.43. The van der Waals surface area contributed by atoms with Crippen LogP contribution in [0.3, 0.4) is 0 Å². The SMILES string of the molecule is CCOC(=O)N1C2CCC1CC(CCCCC(=O)c1cccs1)C2. The van der Waals surface area contributed by atoms with Gasteiger partial charge < -0.3 is 9.64 Å². The van der Waals surface area contributed by atoms with E-state index in [9.17, 15) is 9.59 Å². The van der Waals surface area contributed by atoms with Gasteiger partial charge in [0, 0.05) is 18.5 Å². The lowest BCUT2D eigenvalue weighted by atomic mass is 9.86. The van der Waals surface area contributed by atoms with Crippen LogP contribution in [0.2, 0.25) is 0 Å². The first-order valence-electron chi connectivity index (χ1n) is 9.20. The van der Waals surface area contributed by atoms with E-state index in [0.717, 1.165) is 43.4 Å². The molecule has 2 bridgehead atoms. The number of carbonyl (C=O) groups is 2. The van der Waals surface area contributed by atoms with E-state index in [4.69, 9.17) is 4.74 Å². The Morgan fingerprint density at radius 1 is 1.25 bits per heavy atom. The van der Waals surface area contributed by atoms with Crippen molar-refractivity contribution in [1.29, 1.82) is 0 Å². The minimum absolute atomic E-state index is 0.120. The molecule has 0 saturated carbocycles. The molecule has 2 atom stereocenters. The second-order valence-corrected chi connectivity index (χ2v) is 7.92. The fraction of sp³-hybridized carbons (Fsp3) is 0.684. The Hall–Kier alpha value is -1.36. The van der Waals surface area contributed by atoms with Gasteiger partial charge in [-0.05, 0) is 56.4 Å². The largest absolute Gasteiger partial charge is 0.450 e. The van der Waals surface area contributed by atoms with Gasteiger partial charge in [-0.15, -0.1) is 11.3 Å². The average Bonchev–Trinajstić information content (AvgIpc) is 3.19. The Morgan fingerprint density at radius 3 is 2.62 bits per heavy atom. The summed E-state index contributed by atoms with van der Waals surface area (Å²) < 4.78 is 5.21. The maximum absolute atomic E-state index is 12.1. The van der Waals surface area contributed by atoms with Crippen molar-refractivity contribution in [1.82, 2.24) is 4.90 Å². The highest BCUT2D eigenvalue weighted by Crippen LogP contribution is 2.40. The fourth-order valence-corrected chi connectivity index (χ4v) is 4.99. The lowest BCUT2D eigenvalue weighted by molar-refractivity contribution is 0.0587. The van der Waals surface area contributed by atoms with Crippen LogP contribution in [0.15, 0.2) is 17.5 Å². The Balaban J connectivity index is 1.39. The number of hydrogen-bond acceptors (Lipinski definition) is 4. The van der Waals surface area contributed by atoms with Gasteiger partial charge in [0.15, 0.2) is 5.78 Å². The number of thiophene rings is 1. The van der Waals surface area contributed by atoms with Gasteiger partial charge in [0.1, 0.15) is 0 Å². The second-order valence-electron chi connectivity index (χ2n) is 6.97. The summed E-state index contributed by atoms with van der Waals surface area (Å²) in [4.78, 5) is 27.0. The summed E-state index contributed by atoms with van der Waals surface area (Å²) >= 11 is 1.53. The molecule has 2 fully saturated rings. The van der Waals surface area contributed by atoms with Crippen molar-refractivity contribution in [3.8, 4) is 0 Å². The summed E-state index contributed by atoms with van der Waals surface area (Å²) in [6.07, 6.45) is 8.27. The second kappa shape index (κ2) is 8.15. The third-order valence-corrected chi connectivity index (χ3v) is 6.28. The number of nitrogens with zero attached hydrogens (tertiary/aromatic N) is 1. The lowest BCUT2D eigenvalue weighted by Gasteiger charge is -2.38. The molecule has 0 aliphatic carbocycles. The topological polar surface area (TPSA) is 46.6 Å². The summed E-state index contributed by atoms with van der Waals surface area (Å²) in [5.41, 5.74) is 0. The Morgan fingerprint density at radius 2 is 2.00 bits per heavy atom. The molecular weight excluding hydrogens is 322 g/mol. The minimum atomic E-state index is -0.120. The molecule has 1 aromatic rings. The average molecular weight is 349 g/mol. The van der Waals surface area contributed by atoms with Crippen LogP contribution in [-0.2, 0) is 4.74 Å². The zero-order valence-corrected chi connectivity index (χ0v) is 15.2. The lowest BCUT2D eigenvalue weighted by Crippen LogP contribution is -2.46. The molecule has 0 spiro atoms. The normalized spacial score (nSPS) is 25.7. The predicted molar refractivity (Wildman–Crippen MR) is 95.5 cm³/mol. The summed E-state index contributed by atoms with van der Waals surface area (Å²) in [5.74, 6) is 0.979. The van der Waals surface area contributed by atoms with E-state index in [1.54, 1.807) is 0 Å². The number of rotatable bonds is 7. The molecular formula is C19H27NO3S. The monoisotopic (exact) mass is 349 g/mol. The zero-order chi connectivity index (χ0) is 16.9. The standard InChI is InChI=1S/C19H27NO3S/c1-2-23-19(22)20-15-9-10-16(20)13-14(12-15)6-3-4-7-17(21)18-8-5-11-24-18/h5,8,11,14-16H,2-4,6-7,9-10,12-13H2,1H3. The highest BCUT2D eigenvalue weighted by atomic mass is 32.1. The number of Topliss-reactive ketones (excluding diaryl/α,β-unsaturated/α-hetero) is 1. The van der Waals surface area contributed by atoms with Gasteiger partial charge in [-0.25, -0.2) is 4.79 Å². The summed E-state index contributed by atoms with van der Waals surface area (Å²) in [5, 5.41) is 1.96. The molecule has 132 valence electrons. The van der Waals surface area contributed by atoms with Crippen molar-refractivity contribution < 1.29 is 14.3 Å². The molecule has 0 N–H and O–H groups in total. The maximum Gasteiger partial charge on any atom is 0.410 e. The summed E-state index contributed by atoms with van der Waals surface area (Å²) in [7, 11) is 0. The summed E-state index contributed by atoms with van der Waals surface area (Å²) in [6, 6.07) is 4.60. The molecule has 5 heteroatoms. The van der Waals surface area contributed by atoms with E-state index < -0.39 is 0 Å². The third kappa shape index (κ3) is 4.00. The van der Waals surface area contributed by atoms with Crippen LogP contribution in [0.1, 0.15) is 68.0 Å². The molecule has 2 aliphatic heterocycles. The van der Waals surface area contributed by atoms with E-state index in [-0.39, 0.29) is 11.9 Å². The quantitative estimate of drug-likeness (QED) is 0.520. The Labute approximate surface area is 148 Å². The number of ketones is 1. The molecule has 1 amide bonds. The van der Waals surface area contributed by atoms with Gasteiger partial charge in [0.2, 0.25) is 0 Å². The Kier molecular flexibility index (Phi) is 5.93. The van der Waals surface area contributed by atoms with E-state index in [1.807, 2.05) is 29.3 Å². The maximum atomic E-state index is 12.1. The number of carbonyl (C=O) groups excluding carboxylic acids is 2. The molecule has 2 saturated heterocycles. The fourth-order valence-electron chi connectivity index (χ4n) is 4.30. The molecule has 0 radical (unpaired) electrons. The van der Waals surface area contributed by atoms with Crippen LogP contribution in [-0.4, -0.2) is 35.5 Å². The Bertz CT molecular complexity index is 543. The number of ether oxygens (including phenoxy) is 1. The van der Waals surface area contributed by atoms with Crippen LogP contribution in [0.25, 0.3) is 0 Å². The smallest absolute Gasteiger partial charge is 0.410 e. The van der Waals surface area contributed by atoms with Crippen molar-refractivity contribution in [3.05, 3.63) is 22.4 Å². The van der Waals surface area contributed by atoms with Crippen LogP contribution in [0.5, 0.6) is 0 Å². The number of unbranched alkanes of at least 4 members (excludes halogenated alkanes) is 1. The van der Waals surface area contributed by atoms with Crippen molar-refractivity contribution in [2.24, 2.45) is 5.92 Å². The van der Waals surface area contributed by atoms with Gasteiger partial charge in [0.05, 0.1) is 11.5 Å². The number of fused-ring (bicyclic) bond motifs is 2. The third-order valence-electron chi connectivity index (χ3n) is 5.37. The first kappa shape index (κ1) is 17.5. The van der Waals surface area contributed by atoms with Gasteiger partial charge in [-0.2, -0.15) is 0 Å². The van der Waals surface area contributed by atoms with Gasteiger partial charge >= 0.3 is 6.09 Å². The molecule has 0 aromatic carbocycles. The van der Waals surface area contributed by atoms with E-state index in [1.165, 1.54) is 17.8 Å².